The predicted octanol–water partition coefficient (Wildman–Crippen LogP) is 6.50. The van der Waals surface area contributed by atoms with Crippen LogP contribution >= 0.6 is 0 Å². The summed E-state index contributed by atoms with van der Waals surface area (Å²) in [5.41, 5.74) is 0.741. The summed E-state index contributed by atoms with van der Waals surface area (Å²) in [5.74, 6) is -1.84. The third kappa shape index (κ3) is 4.79. The lowest BCUT2D eigenvalue weighted by Crippen LogP contribution is -2.15. The molecule has 0 amide bonds. The number of hydrogen-bond acceptors (Lipinski definition) is 5. The van der Waals surface area contributed by atoms with Crippen molar-refractivity contribution in [3.63, 3.8) is 0 Å². The van der Waals surface area contributed by atoms with E-state index < -0.39 is 23.1 Å². The van der Waals surface area contributed by atoms with Gasteiger partial charge in [0, 0.05) is 12.1 Å². The second-order valence-corrected chi connectivity index (χ2v) is 7.24. The summed E-state index contributed by atoms with van der Waals surface area (Å²) in [4.78, 5) is 12.9. The van der Waals surface area contributed by atoms with Crippen LogP contribution in [0, 0.1) is 6.92 Å². The number of rotatable bonds is 6. The highest BCUT2D eigenvalue weighted by molar-refractivity contribution is 5.79. The van der Waals surface area contributed by atoms with Crippen molar-refractivity contribution in [3.05, 3.63) is 93.8 Å². The van der Waals surface area contributed by atoms with E-state index in [1.54, 1.807) is 6.07 Å². The molecule has 0 unspecified atom stereocenters. The van der Waals surface area contributed by atoms with Crippen LogP contribution in [0.2, 0.25) is 0 Å². The van der Waals surface area contributed by atoms with Crippen LogP contribution in [0.25, 0.3) is 11.0 Å². The number of alkyl halides is 3. The Balaban J connectivity index is 1.73. The number of aryl methyl sites for hydroxylation is 1. The Bertz CT molecular complexity index is 1360. The van der Waals surface area contributed by atoms with Gasteiger partial charge in [0.1, 0.15) is 29.4 Å². The lowest BCUT2D eigenvalue weighted by Gasteiger charge is -2.14. The van der Waals surface area contributed by atoms with E-state index >= 15 is 0 Å². The molecule has 1 heterocycles. The van der Waals surface area contributed by atoms with Crippen LogP contribution in [0.1, 0.15) is 16.9 Å². The van der Waals surface area contributed by atoms with Crippen molar-refractivity contribution in [1.29, 1.82) is 0 Å². The number of halogens is 3. The first kappa shape index (κ1) is 22.3. The lowest BCUT2D eigenvalue weighted by atomic mass is 10.1. The van der Waals surface area contributed by atoms with Gasteiger partial charge in [-0.2, -0.15) is 13.2 Å². The third-order valence-electron chi connectivity index (χ3n) is 5.00. The Morgan fingerprint density at radius 1 is 0.909 bits per heavy atom. The molecule has 0 aliphatic heterocycles. The Morgan fingerprint density at radius 2 is 1.67 bits per heavy atom. The van der Waals surface area contributed by atoms with Gasteiger partial charge in [0.2, 0.25) is 11.2 Å². The zero-order chi connectivity index (χ0) is 23.6. The maximum absolute atomic E-state index is 13.8. The van der Waals surface area contributed by atoms with Gasteiger partial charge >= 0.3 is 6.18 Å². The number of methoxy groups -OCH3 is 1. The van der Waals surface area contributed by atoms with Crippen molar-refractivity contribution in [2.24, 2.45) is 0 Å². The molecule has 3 aromatic carbocycles. The molecule has 0 N–H and O–H groups in total. The fourth-order valence-electron chi connectivity index (χ4n) is 3.24. The summed E-state index contributed by atoms with van der Waals surface area (Å²) < 4.78 is 62.5. The molecule has 0 saturated heterocycles. The van der Waals surface area contributed by atoms with Crippen molar-refractivity contribution >= 4 is 11.0 Å². The molecule has 170 valence electrons. The maximum Gasteiger partial charge on any atom is 0.453 e. The Hall–Kier alpha value is -3.94. The van der Waals surface area contributed by atoms with Gasteiger partial charge in [0.25, 0.3) is 5.76 Å². The predicted molar refractivity (Wildman–Crippen MR) is 116 cm³/mol. The number of fused-ring (bicyclic) bond motifs is 1. The molecule has 0 aliphatic rings. The van der Waals surface area contributed by atoms with Gasteiger partial charge in [0.15, 0.2) is 0 Å². The molecule has 0 saturated carbocycles. The van der Waals surface area contributed by atoms with E-state index in [1.165, 1.54) is 43.5 Å². The van der Waals surface area contributed by atoms with Crippen LogP contribution in [-0.4, -0.2) is 7.11 Å². The molecule has 8 heteroatoms. The fraction of sp³-hybridized carbons (Fsp3) is 0.160. The van der Waals surface area contributed by atoms with Crippen molar-refractivity contribution in [3.8, 4) is 23.0 Å². The number of hydrogen-bond donors (Lipinski definition) is 0. The van der Waals surface area contributed by atoms with Gasteiger partial charge in [-0.1, -0.05) is 30.3 Å². The first-order valence-electron chi connectivity index (χ1n) is 9.93. The highest BCUT2D eigenvalue weighted by Crippen LogP contribution is 2.39. The van der Waals surface area contributed by atoms with Gasteiger partial charge in [-0.3, -0.25) is 4.79 Å². The Morgan fingerprint density at radius 3 is 2.39 bits per heavy atom. The first-order chi connectivity index (χ1) is 15.8. The zero-order valence-corrected chi connectivity index (χ0v) is 17.7. The quantitative estimate of drug-likeness (QED) is 0.332. The van der Waals surface area contributed by atoms with Gasteiger partial charge < -0.3 is 18.6 Å². The smallest absolute Gasteiger partial charge is 0.453 e. The van der Waals surface area contributed by atoms with E-state index in [0.717, 1.165) is 11.1 Å². The molecule has 0 radical (unpaired) electrons. The fourth-order valence-corrected chi connectivity index (χ4v) is 3.24. The summed E-state index contributed by atoms with van der Waals surface area (Å²) in [6, 6.07) is 17.6. The molecular formula is C25H19F3O5. The zero-order valence-electron chi connectivity index (χ0n) is 17.7. The van der Waals surface area contributed by atoms with Crippen molar-refractivity contribution in [2.45, 2.75) is 19.7 Å². The summed E-state index contributed by atoms with van der Waals surface area (Å²) >= 11 is 0. The normalized spacial score (nSPS) is 11.4. The van der Waals surface area contributed by atoms with Crippen LogP contribution < -0.4 is 19.6 Å². The van der Waals surface area contributed by atoms with E-state index in [1.807, 2.05) is 31.2 Å². The van der Waals surface area contributed by atoms with E-state index in [0.29, 0.717) is 5.75 Å². The van der Waals surface area contributed by atoms with Gasteiger partial charge in [-0.25, -0.2) is 0 Å². The highest BCUT2D eigenvalue weighted by atomic mass is 19.4. The third-order valence-corrected chi connectivity index (χ3v) is 5.00. The standard InChI is InChI=1S/C25H19F3O5/c1-15-6-3-4-7-16(15)14-31-18-10-11-20-21(13-18)33-24(25(26,27)28)23(22(20)29)32-19-9-5-8-17(12-19)30-2/h3-13H,14H2,1-2H3. The Labute approximate surface area is 186 Å². The monoisotopic (exact) mass is 456 g/mol. The number of benzene rings is 3. The van der Waals surface area contributed by atoms with Crippen LogP contribution in [0.5, 0.6) is 23.0 Å². The Kier molecular flexibility index (Phi) is 6.00. The van der Waals surface area contributed by atoms with Crippen molar-refractivity contribution in [1.82, 2.24) is 0 Å². The molecular weight excluding hydrogens is 437 g/mol. The topological polar surface area (TPSA) is 57.9 Å². The average molecular weight is 456 g/mol. The van der Waals surface area contributed by atoms with Gasteiger partial charge in [-0.15, -0.1) is 0 Å². The molecule has 0 spiro atoms. The van der Waals surface area contributed by atoms with E-state index in [9.17, 15) is 18.0 Å². The van der Waals surface area contributed by atoms with Gasteiger partial charge in [0.05, 0.1) is 12.5 Å². The molecule has 0 aliphatic carbocycles. The second kappa shape index (κ2) is 8.90. The molecule has 4 rings (SSSR count). The minimum Gasteiger partial charge on any atom is -0.497 e. The van der Waals surface area contributed by atoms with E-state index in [2.05, 4.69) is 0 Å². The minimum atomic E-state index is -4.96. The molecule has 5 nitrogen and oxygen atoms in total. The van der Waals surface area contributed by atoms with Crippen LogP contribution in [0.15, 0.2) is 75.9 Å². The summed E-state index contributed by atoms with van der Waals surface area (Å²) in [7, 11) is 1.41. The van der Waals surface area contributed by atoms with Crippen LogP contribution in [0.4, 0.5) is 13.2 Å². The highest BCUT2D eigenvalue weighted by Gasteiger charge is 2.40. The number of ether oxygens (including phenoxy) is 3. The van der Waals surface area contributed by atoms with E-state index in [-0.39, 0.29) is 29.1 Å². The molecule has 0 bridgehead atoms. The molecule has 0 fully saturated rings. The summed E-state index contributed by atoms with van der Waals surface area (Å²) in [5, 5.41) is -0.0656. The SMILES string of the molecule is COc1cccc(Oc2c(C(F)(F)F)oc3cc(OCc4ccccc4C)ccc3c2=O)c1. The largest absolute Gasteiger partial charge is 0.497 e. The van der Waals surface area contributed by atoms with Crippen LogP contribution in [0.3, 0.4) is 0 Å². The van der Waals surface area contributed by atoms with Crippen molar-refractivity contribution < 1.29 is 31.8 Å². The molecule has 1 aromatic heterocycles. The van der Waals surface area contributed by atoms with Gasteiger partial charge in [-0.05, 0) is 42.3 Å². The molecule has 4 aromatic rings. The summed E-state index contributed by atoms with van der Waals surface area (Å²) in [6.45, 7) is 2.14. The first-order valence-corrected chi connectivity index (χ1v) is 9.93. The van der Waals surface area contributed by atoms with Crippen molar-refractivity contribution in [2.75, 3.05) is 7.11 Å². The second-order valence-electron chi connectivity index (χ2n) is 7.24. The van der Waals surface area contributed by atoms with E-state index in [4.69, 9.17) is 18.6 Å². The summed E-state index contributed by atoms with van der Waals surface area (Å²) in [6.07, 6.45) is -4.96. The molecule has 0 atom stereocenters. The average Bonchev–Trinajstić information content (AvgIpc) is 2.79. The molecule has 33 heavy (non-hydrogen) atoms. The minimum absolute atomic E-state index is 0.00434. The maximum atomic E-state index is 13.8. The van der Waals surface area contributed by atoms with Crippen LogP contribution in [-0.2, 0) is 12.8 Å². The lowest BCUT2D eigenvalue weighted by molar-refractivity contribution is -0.154.